The fraction of sp³-hybridized carbons (Fsp3) is 0.333. The maximum Gasteiger partial charge on any atom is 0.127 e. The van der Waals surface area contributed by atoms with Crippen molar-refractivity contribution in [2.45, 2.75) is 0 Å². The molecule has 1 aromatic rings. The lowest BCUT2D eigenvalue weighted by Crippen LogP contribution is -2.03. The third kappa shape index (κ3) is 2.80. The van der Waals surface area contributed by atoms with Crippen LogP contribution in [0.5, 0.6) is 11.5 Å². The smallest absolute Gasteiger partial charge is 0.127 e. The molecule has 1 aromatic carbocycles. The third-order valence-electron chi connectivity index (χ3n) is 1.31. The number of phenolic OH excluding ortho intramolecular Hbond substituents is 1. The summed E-state index contributed by atoms with van der Waals surface area (Å²) < 4.78 is 10.0. The summed E-state index contributed by atoms with van der Waals surface area (Å²) in [4.78, 5) is 0. The van der Waals surface area contributed by atoms with Crippen LogP contribution in [0.3, 0.4) is 0 Å². The van der Waals surface area contributed by atoms with Gasteiger partial charge in [0.05, 0.1) is 6.61 Å². The SMILES string of the molecule is COCCOc1cc[c]c(O)c1. The molecule has 0 saturated heterocycles. The molecule has 0 heterocycles. The van der Waals surface area contributed by atoms with Crippen molar-refractivity contribution in [3.63, 3.8) is 0 Å². The van der Waals surface area contributed by atoms with E-state index in [2.05, 4.69) is 6.07 Å². The van der Waals surface area contributed by atoms with Gasteiger partial charge in [0.1, 0.15) is 18.1 Å². The number of benzene rings is 1. The molecule has 0 aliphatic carbocycles. The van der Waals surface area contributed by atoms with Crippen molar-refractivity contribution < 1.29 is 14.6 Å². The van der Waals surface area contributed by atoms with Crippen LogP contribution < -0.4 is 4.74 Å². The molecule has 1 N–H and O–H groups in total. The highest BCUT2D eigenvalue weighted by Crippen LogP contribution is 2.16. The first kappa shape index (κ1) is 8.87. The van der Waals surface area contributed by atoms with E-state index in [1.165, 1.54) is 6.07 Å². The van der Waals surface area contributed by atoms with Gasteiger partial charge in [-0.05, 0) is 12.1 Å². The number of hydrogen-bond acceptors (Lipinski definition) is 3. The van der Waals surface area contributed by atoms with Gasteiger partial charge in [-0.15, -0.1) is 0 Å². The Morgan fingerprint density at radius 3 is 3.00 bits per heavy atom. The average molecular weight is 167 g/mol. The monoisotopic (exact) mass is 167 g/mol. The van der Waals surface area contributed by atoms with Gasteiger partial charge < -0.3 is 14.6 Å². The number of aromatic hydroxyl groups is 1. The van der Waals surface area contributed by atoms with E-state index in [0.717, 1.165) is 0 Å². The summed E-state index contributed by atoms with van der Waals surface area (Å²) in [6, 6.07) is 7.46. The minimum Gasteiger partial charge on any atom is -0.507 e. The van der Waals surface area contributed by atoms with Crippen molar-refractivity contribution in [3.05, 3.63) is 24.3 Å². The Bertz CT molecular complexity index is 235. The molecule has 3 nitrogen and oxygen atoms in total. The summed E-state index contributed by atoms with van der Waals surface area (Å²) in [6.07, 6.45) is 0. The summed E-state index contributed by atoms with van der Waals surface area (Å²) in [5, 5.41) is 9.00. The van der Waals surface area contributed by atoms with Gasteiger partial charge >= 0.3 is 0 Å². The largest absolute Gasteiger partial charge is 0.507 e. The molecule has 1 radical (unpaired) electrons. The van der Waals surface area contributed by atoms with E-state index in [1.807, 2.05) is 0 Å². The predicted molar refractivity (Wildman–Crippen MR) is 44.3 cm³/mol. The summed E-state index contributed by atoms with van der Waals surface area (Å²) >= 11 is 0. The minimum atomic E-state index is 0.0879. The molecule has 0 aromatic heterocycles. The van der Waals surface area contributed by atoms with Crippen molar-refractivity contribution in [1.29, 1.82) is 0 Å². The standard InChI is InChI=1S/C9H11O3/c1-11-5-6-12-9-4-2-3-8(10)7-9/h2,4,7,10H,5-6H2,1H3. The number of hydrogen-bond donors (Lipinski definition) is 1. The zero-order chi connectivity index (χ0) is 8.81. The van der Waals surface area contributed by atoms with Crippen molar-refractivity contribution >= 4 is 0 Å². The summed E-state index contributed by atoms with van der Waals surface area (Å²) in [5.74, 6) is 0.716. The van der Waals surface area contributed by atoms with Crippen LogP contribution in [0.4, 0.5) is 0 Å². The molecule has 65 valence electrons. The Labute approximate surface area is 71.5 Å². The second-order valence-electron chi connectivity index (χ2n) is 2.25. The molecule has 3 heteroatoms. The maximum atomic E-state index is 9.00. The molecule has 1 rings (SSSR count). The Hall–Kier alpha value is -1.22. The van der Waals surface area contributed by atoms with Crippen LogP contribution in [0, 0.1) is 6.07 Å². The van der Waals surface area contributed by atoms with Crippen molar-refractivity contribution in [2.75, 3.05) is 20.3 Å². The maximum absolute atomic E-state index is 9.00. The van der Waals surface area contributed by atoms with E-state index < -0.39 is 0 Å². The van der Waals surface area contributed by atoms with Crippen LogP contribution in [0.15, 0.2) is 18.2 Å². The Balaban J connectivity index is 2.41. The molecule has 0 aliphatic rings. The average Bonchev–Trinajstić information content (AvgIpc) is 2.05. The van der Waals surface area contributed by atoms with Gasteiger partial charge in [-0.3, -0.25) is 0 Å². The summed E-state index contributed by atoms with van der Waals surface area (Å²) in [6.45, 7) is 1.03. The van der Waals surface area contributed by atoms with Gasteiger partial charge in [-0.1, -0.05) is 0 Å². The van der Waals surface area contributed by atoms with E-state index in [1.54, 1.807) is 19.2 Å². The molecule has 0 aliphatic heterocycles. The van der Waals surface area contributed by atoms with Crippen LogP contribution in [-0.4, -0.2) is 25.4 Å². The molecule has 0 unspecified atom stereocenters. The second kappa shape index (κ2) is 4.62. The molecular weight excluding hydrogens is 156 g/mol. The zero-order valence-electron chi connectivity index (χ0n) is 6.91. The number of phenols is 1. The minimum absolute atomic E-state index is 0.0879. The van der Waals surface area contributed by atoms with Crippen LogP contribution in [0.2, 0.25) is 0 Å². The normalized spacial score (nSPS) is 9.75. The molecule has 0 fully saturated rings. The topological polar surface area (TPSA) is 38.7 Å². The Morgan fingerprint density at radius 2 is 2.33 bits per heavy atom. The summed E-state index contributed by atoms with van der Waals surface area (Å²) in [5.41, 5.74) is 0. The van der Waals surface area contributed by atoms with Crippen LogP contribution in [0.25, 0.3) is 0 Å². The number of rotatable bonds is 4. The van der Waals surface area contributed by atoms with Crippen LogP contribution >= 0.6 is 0 Å². The van der Waals surface area contributed by atoms with Crippen LogP contribution in [0.1, 0.15) is 0 Å². The first-order valence-corrected chi connectivity index (χ1v) is 3.65. The van der Waals surface area contributed by atoms with Crippen molar-refractivity contribution in [2.24, 2.45) is 0 Å². The molecule has 0 bridgehead atoms. The lowest BCUT2D eigenvalue weighted by Gasteiger charge is -2.04. The quantitative estimate of drug-likeness (QED) is 0.685. The zero-order valence-corrected chi connectivity index (χ0v) is 6.91. The third-order valence-corrected chi connectivity index (χ3v) is 1.31. The highest BCUT2D eigenvalue weighted by molar-refractivity contribution is 5.30. The molecule has 0 spiro atoms. The van der Waals surface area contributed by atoms with E-state index in [0.29, 0.717) is 19.0 Å². The van der Waals surface area contributed by atoms with Gasteiger partial charge in [-0.25, -0.2) is 0 Å². The fourth-order valence-corrected chi connectivity index (χ4v) is 0.766. The fourth-order valence-electron chi connectivity index (χ4n) is 0.766. The molecule has 0 amide bonds. The van der Waals surface area contributed by atoms with E-state index in [9.17, 15) is 0 Å². The molecule has 12 heavy (non-hydrogen) atoms. The van der Waals surface area contributed by atoms with E-state index in [4.69, 9.17) is 14.6 Å². The molecular formula is C9H11O3. The Morgan fingerprint density at radius 1 is 1.50 bits per heavy atom. The van der Waals surface area contributed by atoms with E-state index in [-0.39, 0.29) is 5.75 Å². The molecule has 0 atom stereocenters. The van der Waals surface area contributed by atoms with Gasteiger partial charge in [0, 0.05) is 19.2 Å². The second-order valence-corrected chi connectivity index (χ2v) is 2.25. The highest BCUT2D eigenvalue weighted by Gasteiger charge is 1.93. The first-order chi connectivity index (χ1) is 5.83. The number of methoxy groups -OCH3 is 1. The van der Waals surface area contributed by atoms with Crippen molar-refractivity contribution in [3.8, 4) is 11.5 Å². The first-order valence-electron chi connectivity index (χ1n) is 3.65. The number of ether oxygens (including phenoxy) is 2. The van der Waals surface area contributed by atoms with Crippen molar-refractivity contribution in [1.82, 2.24) is 0 Å². The van der Waals surface area contributed by atoms with Crippen LogP contribution in [-0.2, 0) is 4.74 Å². The van der Waals surface area contributed by atoms with Gasteiger partial charge in [0.25, 0.3) is 0 Å². The summed E-state index contributed by atoms with van der Waals surface area (Å²) in [7, 11) is 1.61. The lowest BCUT2D eigenvalue weighted by molar-refractivity contribution is 0.146. The van der Waals surface area contributed by atoms with Gasteiger partial charge in [-0.2, -0.15) is 0 Å². The van der Waals surface area contributed by atoms with E-state index >= 15 is 0 Å². The van der Waals surface area contributed by atoms with Gasteiger partial charge in [0.2, 0.25) is 0 Å². The lowest BCUT2D eigenvalue weighted by atomic mass is 10.3. The molecule has 0 saturated carbocycles. The Kier molecular flexibility index (Phi) is 3.41. The van der Waals surface area contributed by atoms with Gasteiger partial charge in [0.15, 0.2) is 0 Å². The predicted octanol–water partition coefficient (Wildman–Crippen LogP) is 1.22. The highest BCUT2D eigenvalue weighted by atomic mass is 16.5.